The molecule has 0 amide bonds. The smallest absolute Gasteiger partial charge is 0.144 e. The maximum Gasteiger partial charge on any atom is 0.144 e. The molecule has 0 fully saturated rings. The number of fused-ring (bicyclic) bond motifs is 1. The average Bonchev–Trinajstić information content (AvgIpc) is 2.80. The van der Waals surface area contributed by atoms with Crippen LogP contribution in [0.1, 0.15) is 13.3 Å². The number of imidazole rings is 1. The fourth-order valence-corrected chi connectivity index (χ4v) is 2.47. The normalized spacial score (nSPS) is 11.1. The molecular weight excluding hydrogens is 253 g/mol. The number of hydrogen-bond acceptors (Lipinski definition) is 2. The molecular formula is C16H16FN3. The van der Waals surface area contributed by atoms with Crippen molar-refractivity contribution in [2.45, 2.75) is 19.9 Å². The van der Waals surface area contributed by atoms with E-state index in [1.807, 2.05) is 28.8 Å². The Morgan fingerprint density at radius 2 is 1.95 bits per heavy atom. The molecule has 0 unspecified atom stereocenters. The van der Waals surface area contributed by atoms with Crippen molar-refractivity contribution in [3.05, 3.63) is 48.3 Å². The summed E-state index contributed by atoms with van der Waals surface area (Å²) in [5.41, 5.74) is 8.80. The van der Waals surface area contributed by atoms with Gasteiger partial charge in [-0.15, -0.1) is 0 Å². The lowest BCUT2D eigenvalue weighted by Gasteiger charge is -2.08. The standard InChI is InChI=1S/C16H16FN3/c1-2-10-20-14-9-5-8-13(18)15(14)19-16(20)11-6-3-4-7-12(11)17/h3-9H,2,10,18H2,1H3. The van der Waals surface area contributed by atoms with E-state index in [1.54, 1.807) is 12.1 Å². The van der Waals surface area contributed by atoms with Crippen LogP contribution < -0.4 is 5.73 Å². The first-order valence-electron chi connectivity index (χ1n) is 6.72. The molecule has 0 saturated carbocycles. The predicted octanol–water partition coefficient (Wildman–Crippen LogP) is 3.83. The van der Waals surface area contributed by atoms with Crippen LogP contribution in [-0.4, -0.2) is 9.55 Å². The van der Waals surface area contributed by atoms with Gasteiger partial charge in [0.2, 0.25) is 0 Å². The van der Waals surface area contributed by atoms with Crippen LogP contribution in [0.15, 0.2) is 42.5 Å². The Morgan fingerprint density at radius 3 is 2.70 bits per heavy atom. The van der Waals surface area contributed by atoms with Crippen molar-refractivity contribution in [2.24, 2.45) is 0 Å². The molecule has 0 atom stereocenters. The summed E-state index contributed by atoms with van der Waals surface area (Å²) in [6.07, 6.45) is 0.946. The van der Waals surface area contributed by atoms with E-state index in [0.29, 0.717) is 17.1 Å². The van der Waals surface area contributed by atoms with Crippen molar-refractivity contribution in [3.8, 4) is 11.4 Å². The lowest BCUT2D eigenvalue weighted by atomic mass is 10.2. The Balaban J connectivity index is 2.32. The number of anilines is 1. The van der Waals surface area contributed by atoms with Crippen LogP contribution >= 0.6 is 0 Å². The monoisotopic (exact) mass is 269 g/mol. The number of nitrogen functional groups attached to an aromatic ring is 1. The van der Waals surface area contributed by atoms with Gasteiger partial charge in [-0.1, -0.05) is 25.1 Å². The number of aryl methyl sites for hydroxylation is 1. The van der Waals surface area contributed by atoms with Crippen LogP contribution in [0, 0.1) is 5.82 Å². The number of para-hydroxylation sites is 1. The summed E-state index contributed by atoms with van der Waals surface area (Å²) in [6, 6.07) is 12.4. The number of nitrogens with zero attached hydrogens (tertiary/aromatic N) is 2. The molecule has 0 radical (unpaired) electrons. The molecule has 0 saturated heterocycles. The first kappa shape index (κ1) is 12.7. The van der Waals surface area contributed by atoms with Gasteiger partial charge in [0.15, 0.2) is 0 Å². The quantitative estimate of drug-likeness (QED) is 0.734. The Labute approximate surface area is 116 Å². The lowest BCUT2D eigenvalue weighted by molar-refractivity contribution is 0.625. The van der Waals surface area contributed by atoms with Gasteiger partial charge in [-0.25, -0.2) is 9.37 Å². The molecule has 0 bridgehead atoms. The number of halogens is 1. The molecule has 0 aliphatic rings. The molecule has 3 rings (SSSR count). The van der Waals surface area contributed by atoms with Crippen LogP contribution in [0.25, 0.3) is 22.4 Å². The second kappa shape index (κ2) is 4.96. The van der Waals surface area contributed by atoms with Crippen molar-refractivity contribution in [3.63, 3.8) is 0 Å². The van der Waals surface area contributed by atoms with Gasteiger partial charge >= 0.3 is 0 Å². The van der Waals surface area contributed by atoms with Crippen LogP contribution in [0.2, 0.25) is 0 Å². The third-order valence-corrected chi connectivity index (χ3v) is 3.37. The minimum Gasteiger partial charge on any atom is -0.397 e. The van der Waals surface area contributed by atoms with E-state index in [0.717, 1.165) is 24.0 Å². The zero-order valence-corrected chi connectivity index (χ0v) is 11.3. The Morgan fingerprint density at radius 1 is 1.15 bits per heavy atom. The van der Waals surface area contributed by atoms with E-state index in [-0.39, 0.29) is 5.82 Å². The fourth-order valence-electron chi connectivity index (χ4n) is 2.47. The third kappa shape index (κ3) is 1.93. The predicted molar refractivity (Wildman–Crippen MR) is 79.8 cm³/mol. The zero-order valence-electron chi connectivity index (χ0n) is 11.3. The third-order valence-electron chi connectivity index (χ3n) is 3.37. The number of hydrogen-bond donors (Lipinski definition) is 1. The summed E-state index contributed by atoms with van der Waals surface area (Å²) in [6.45, 7) is 2.87. The number of rotatable bonds is 3. The summed E-state index contributed by atoms with van der Waals surface area (Å²) in [7, 11) is 0. The number of nitrogens with two attached hydrogens (primary N) is 1. The second-order valence-corrected chi connectivity index (χ2v) is 4.78. The molecule has 2 N–H and O–H groups in total. The largest absolute Gasteiger partial charge is 0.397 e. The minimum atomic E-state index is -0.265. The van der Waals surface area contributed by atoms with Crippen LogP contribution in [0.5, 0.6) is 0 Å². The molecule has 0 spiro atoms. The highest BCUT2D eigenvalue weighted by Crippen LogP contribution is 2.29. The second-order valence-electron chi connectivity index (χ2n) is 4.78. The topological polar surface area (TPSA) is 43.8 Å². The van der Waals surface area contributed by atoms with E-state index >= 15 is 0 Å². The molecule has 102 valence electrons. The Bertz CT molecular complexity index is 762. The highest BCUT2D eigenvalue weighted by atomic mass is 19.1. The van der Waals surface area contributed by atoms with Crippen LogP contribution in [0.3, 0.4) is 0 Å². The van der Waals surface area contributed by atoms with E-state index in [2.05, 4.69) is 11.9 Å². The first-order valence-corrected chi connectivity index (χ1v) is 6.72. The van der Waals surface area contributed by atoms with Crippen molar-refractivity contribution in [2.75, 3.05) is 5.73 Å². The van der Waals surface area contributed by atoms with Gasteiger partial charge in [-0.05, 0) is 30.7 Å². The van der Waals surface area contributed by atoms with Crippen LogP contribution in [-0.2, 0) is 6.54 Å². The first-order chi connectivity index (χ1) is 9.72. The molecule has 2 aromatic carbocycles. The Hall–Kier alpha value is -2.36. The number of aromatic nitrogens is 2. The molecule has 3 nitrogen and oxygen atoms in total. The average molecular weight is 269 g/mol. The molecule has 1 aromatic heterocycles. The maximum atomic E-state index is 14.0. The zero-order chi connectivity index (χ0) is 14.1. The van der Waals surface area contributed by atoms with Gasteiger partial charge in [-0.2, -0.15) is 0 Å². The van der Waals surface area contributed by atoms with Crippen molar-refractivity contribution in [1.29, 1.82) is 0 Å². The van der Waals surface area contributed by atoms with E-state index in [4.69, 9.17) is 5.73 Å². The molecule has 3 aromatic rings. The highest BCUT2D eigenvalue weighted by Gasteiger charge is 2.16. The minimum absolute atomic E-state index is 0.265. The molecule has 0 aliphatic carbocycles. The number of benzene rings is 2. The summed E-state index contributed by atoms with van der Waals surface area (Å²) < 4.78 is 16.1. The maximum absolute atomic E-state index is 14.0. The fraction of sp³-hybridized carbons (Fsp3) is 0.188. The van der Waals surface area contributed by atoms with Gasteiger partial charge < -0.3 is 10.3 Å². The van der Waals surface area contributed by atoms with Crippen molar-refractivity contribution >= 4 is 16.7 Å². The molecule has 4 heteroatoms. The van der Waals surface area contributed by atoms with E-state index in [9.17, 15) is 4.39 Å². The molecule has 20 heavy (non-hydrogen) atoms. The van der Waals surface area contributed by atoms with Crippen molar-refractivity contribution in [1.82, 2.24) is 9.55 Å². The van der Waals surface area contributed by atoms with Gasteiger partial charge in [0, 0.05) is 6.54 Å². The van der Waals surface area contributed by atoms with Gasteiger partial charge in [0.25, 0.3) is 0 Å². The summed E-state index contributed by atoms with van der Waals surface area (Å²) in [4.78, 5) is 4.56. The van der Waals surface area contributed by atoms with Gasteiger partial charge in [-0.3, -0.25) is 0 Å². The van der Waals surface area contributed by atoms with Crippen LogP contribution in [0.4, 0.5) is 10.1 Å². The molecule has 1 heterocycles. The Kier molecular flexibility index (Phi) is 3.14. The van der Waals surface area contributed by atoms with E-state index in [1.165, 1.54) is 6.07 Å². The van der Waals surface area contributed by atoms with Crippen molar-refractivity contribution < 1.29 is 4.39 Å². The van der Waals surface area contributed by atoms with Gasteiger partial charge in [0.05, 0.1) is 16.8 Å². The lowest BCUT2D eigenvalue weighted by Crippen LogP contribution is -2.00. The SMILES string of the molecule is CCCn1c(-c2ccccc2F)nc2c(N)cccc21. The van der Waals surface area contributed by atoms with E-state index < -0.39 is 0 Å². The van der Waals surface area contributed by atoms with Gasteiger partial charge in [0.1, 0.15) is 17.2 Å². The molecule has 0 aliphatic heterocycles. The highest BCUT2D eigenvalue weighted by molar-refractivity contribution is 5.90. The summed E-state index contributed by atoms with van der Waals surface area (Å²) >= 11 is 0. The summed E-state index contributed by atoms with van der Waals surface area (Å²) in [5, 5.41) is 0. The summed E-state index contributed by atoms with van der Waals surface area (Å²) in [5.74, 6) is 0.372.